The van der Waals surface area contributed by atoms with Gasteiger partial charge in [-0.05, 0) is 29.4 Å². The molecule has 5 nitrogen and oxygen atoms in total. The van der Waals surface area contributed by atoms with Crippen LogP contribution in [0.4, 0.5) is 0 Å². The van der Waals surface area contributed by atoms with Crippen molar-refractivity contribution in [1.82, 2.24) is 10.2 Å². The molecule has 2 N–H and O–H groups in total. The van der Waals surface area contributed by atoms with Crippen LogP contribution in [0.15, 0.2) is 24.3 Å². The molecule has 1 aromatic carbocycles. The second kappa shape index (κ2) is 7.59. The molecule has 1 amide bonds. The highest BCUT2D eigenvalue weighted by Gasteiger charge is 2.50. The standard InChI is InChI=1S/C17H24N2O.CH2O2/c1-17(2)11-15(17)16(20)18-8-10-19-9-7-13-5-3-4-6-14(13)12-19;2-1-3/h3-6,15H,7-12H2,1-2H3,(H,18,20);1H,(H,2,3). The second-order valence-electron chi connectivity index (χ2n) is 6.94. The SMILES string of the molecule is CC1(C)CC1C(=O)NCCN1CCc2ccccc2C1.O=CO. The number of rotatable bonds is 4. The first-order valence-corrected chi connectivity index (χ1v) is 8.12. The lowest BCUT2D eigenvalue weighted by Crippen LogP contribution is -2.38. The molecule has 0 aromatic heterocycles. The number of nitrogens with zero attached hydrogens (tertiary/aromatic N) is 1. The molecular weight excluding hydrogens is 292 g/mol. The van der Waals surface area contributed by atoms with E-state index < -0.39 is 0 Å². The fourth-order valence-electron chi connectivity index (χ4n) is 3.12. The number of carbonyl (C=O) groups is 2. The summed E-state index contributed by atoms with van der Waals surface area (Å²) < 4.78 is 0. The van der Waals surface area contributed by atoms with Gasteiger partial charge in [-0.15, -0.1) is 0 Å². The number of hydrogen-bond donors (Lipinski definition) is 2. The summed E-state index contributed by atoms with van der Waals surface area (Å²) in [6.45, 7) is 7.92. The van der Waals surface area contributed by atoms with Crippen molar-refractivity contribution in [3.8, 4) is 0 Å². The summed E-state index contributed by atoms with van der Waals surface area (Å²) in [5.41, 5.74) is 3.15. The summed E-state index contributed by atoms with van der Waals surface area (Å²) in [4.78, 5) is 22.7. The van der Waals surface area contributed by atoms with Crippen LogP contribution in [-0.2, 0) is 22.6 Å². The molecule has 3 rings (SSSR count). The van der Waals surface area contributed by atoms with Crippen LogP contribution in [0.3, 0.4) is 0 Å². The molecule has 1 aromatic rings. The van der Waals surface area contributed by atoms with Crippen LogP contribution >= 0.6 is 0 Å². The molecule has 23 heavy (non-hydrogen) atoms. The summed E-state index contributed by atoms with van der Waals surface area (Å²) in [5.74, 6) is 0.483. The number of hydrogen-bond acceptors (Lipinski definition) is 3. The second-order valence-corrected chi connectivity index (χ2v) is 6.94. The third-order valence-electron chi connectivity index (χ3n) is 4.77. The van der Waals surface area contributed by atoms with E-state index in [0.29, 0.717) is 0 Å². The van der Waals surface area contributed by atoms with Gasteiger partial charge in [0.05, 0.1) is 0 Å². The molecule has 0 radical (unpaired) electrons. The Morgan fingerprint density at radius 1 is 1.39 bits per heavy atom. The van der Waals surface area contributed by atoms with Crippen molar-refractivity contribution in [2.75, 3.05) is 19.6 Å². The van der Waals surface area contributed by atoms with Gasteiger partial charge < -0.3 is 10.4 Å². The molecule has 0 saturated heterocycles. The highest BCUT2D eigenvalue weighted by atomic mass is 16.3. The predicted molar refractivity (Wildman–Crippen MR) is 89.0 cm³/mol. The molecule has 1 fully saturated rings. The lowest BCUT2D eigenvalue weighted by Gasteiger charge is -2.28. The Morgan fingerprint density at radius 2 is 2.00 bits per heavy atom. The summed E-state index contributed by atoms with van der Waals surface area (Å²) in [5, 5.41) is 9.98. The molecule has 1 aliphatic carbocycles. The first-order valence-electron chi connectivity index (χ1n) is 8.12. The molecule has 1 saturated carbocycles. The fourth-order valence-corrected chi connectivity index (χ4v) is 3.12. The van der Waals surface area contributed by atoms with E-state index in [1.165, 1.54) is 11.1 Å². The Bertz CT molecular complexity index is 557. The van der Waals surface area contributed by atoms with Crippen LogP contribution in [-0.4, -0.2) is 42.0 Å². The van der Waals surface area contributed by atoms with E-state index in [1.807, 2.05) is 0 Å². The van der Waals surface area contributed by atoms with Crippen molar-refractivity contribution in [2.24, 2.45) is 11.3 Å². The molecule has 1 unspecified atom stereocenters. The number of nitrogens with one attached hydrogen (secondary N) is 1. The Balaban J connectivity index is 0.000000595. The molecule has 1 atom stereocenters. The van der Waals surface area contributed by atoms with Gasteiger partial charge in [0.15, 0.2) is 0 Å². The van der Waals surface area contributed by atoms with E-state index in [9.17, 15) is 4.79 Å². The van der Waals surface area contributed by atoms with E-state index in [-0.39, 0.29) is 23.7 Å². The topological polar surface area (TPSA) is 69.6 Å². The van der Waals surface area contributed by atoms with Gasteiger partial charge >= 0.3 is 0 Å². The van der Waals surface area contributed by atoms with Crippen LogP contribution in [0.25, 0.3) is 0 Å². The van der Waals surface area contributed by atoms with E-state index in [1.54, 1.807) is 0 Å². The maximum atomic E-state index is 11.9. The van der Waals surface area contributed by atoms with E-state index in [0.717, 1.165) is 39.0 Å². The third-order valence-corrected chi connectivity index (χ3v) is 4.77. The third kappa shape index (κ3) is 4.79. The van der Waals surface area contributed by atoms with Crippen LogP contribution in [0.5, 0.6) is 0 Å². The highest BCUT2D eigenvalue weighted by molar-refractivity contribution is 5.82. The van der Waals surface area contributed by atoms with Crippen molar-refractivity contribution in [2.45, 2.75) is 33.2 Å². The first-order chi connectivity index (χ1) is 11.0. The van der Waals surface area contributed by atoms with Gasteiger partial charge in [-0.2, -0.15) is 0 Å². The van der Waals surface area contributed by atoms with Crippen molar-refractivity contribution in [3.05, 3.63) is 35.4 Å². The lowest BCUT2D eigenvalue weighted by atomic mass is 10.00. The minimum absolute atomic E-state index is 0.230. The summed E-state index contributed by atoms with van der Waals surface area (Å²) in [7, 11) is 0. The maximum Gasteiger partial charge on any atom is 0.290 e. The monoisotopic (exact) mass is 318 g/mol. The van der Waals surface area contributed by atoms with Gasteiger partial charge in [0.25, 0.3) is 6.47 Å². The molecule has 5 heteroatoms. The smallest absolute Gasteiger partial charge is 0.290 e. The first kappa shape index (κ1) is 17.5. The lowest BCUT2D eigenvalue weighted by molar-refractivity contribution is -0.123. The largest absolute Gasteiger partial charge is 0.483 e. The Hall–Kier alpha value is -1.88. The summed E-state index contributed by atoms with van der Waals surface area (Å²) in [6, 6.07) is 8.67. The zero-order chi connectivity index (χ0) is 16.9. The molecular formula is C18H26N2O3. The van der Waals surface area contributed by atoms with Gasteiger partial charge in [0.2, 0.25) is 5.91 Å². The van der Waals surface area contributed by atoms with Gasteiger partial charge in [0, 0.05) is 32.1 Å². The number of fused-ring (bicyclic) bond motifs is 1. The fraction of sp³-hybridized carbons (Fsp3) is 0.556. The van der Waals surface area contributed by atoms with Gasteiger partial charge in [0.1, 0.15) is 0 Å². The zero-order valence-corrected chi connectivity index (χ0v) is 13.9. The van der Waals surface area contributed by atoms with Crippen molar-refractivity contribution < 1.29 is 14.7 Å². The minimum atomic E-state index is -0.250. The van der Waals surface area contributed by atoms with E-state index in [2.05, 4.69) is 48.3 Å². The van der Waals surface area contributed by atoms with E-state index >= 15 is 0 Å². The molecule has 1 aliphatic heterocycles. The average Bonchev–Trinajstić information content (AvgIpc) is 3.17. The van der Waals surface area contributed by atoms with Crippen LogP contribution in [0.2, 0.25) is 0 Å². The van der Waals surface area contributed by atoms with E-state index in [4.69, 9.17) is 9.90 Å². The number of benzene rings is 1. The summed E-state index contributed by atoms with van der Waals surface area (Å²) >= 11 is 0. The van der Waals surface area contributed by atoms with Gasteiger partial charge in [-0.25, -0.2) is 0 Å². The van der Waals surface area contributed by atoms with Crippen LogP contribution in [0.1, 0.15) is 31.4 Å². The predicted octanol–water partition coefficient (Wildman–Crippen LogP) is 1.91. The average molecular weight is 318 g/mol. The molecule has 126 valence electrons. The minimum Gasteiger partial charge on any atom is -0.483 e. The highest BCUT2D eigenvalue weighted by Crippen LogP contribution is 2.51. The van der Waals surface area contributed by atoms with Gasteiger partial charge in [-0.1, -0.05) is 38.1 Å². The van der Waals surface area contributed by atoms with Gasteiger partial charge in [-0.3, -0.25) is 14.5 Å². The normalized spacial score (nSPS) is 21.4. The van der Waals surface area contributed by atoms with Crippen LogP contribution in [0, 0.1) is 11.3 Å². The van der Waals surface area contributed by atoms with Crippen molar-refractivity contribution in [1.29, 1.82) is 0 Å². The number of amides is 1. The molecule has 0 bridgehead atoms. The zero-order valence-electron chi connectivity index (χ0n) is 13.9. The Morgan fingerprint density at radius 3 is 2.61 bits per heavy atom. The van der Waals surface area contributed by atoms with Crippen LogP contribution < -0.4 is 5.32 Å². The molecule has 2 aliphatic rings. The molecule has 0 spiro atoms. The van der Waals surface area contributed by atoms with Crippen molar-refractivity contribution in [3.63, 3.8) is 0 Å². The summed E-state index contributed by atoms with van der Waals surface area (Å²) in [6.07, 6.45) is 2.16. The quantitative estimate of drug-likeness (QED) is 0.832. The Labute approximate surface area is 137 Å². The molecule has 1 heterocycles. The number of carbonyl (C=O) groups excluding carboxylic acids is 1. The Kier molecular flexibility index (Phi) is 5.77. The number of carboxylic acid groups (broad SMARTS) is 1. The van der Waals surface area contributed by atoms with Crippen molar-refractivity contribution >= 4 is 12.4 Å². The maximum absolute atomic E-state index is 11.9.